The van der Waals surface area contributed by atoms with Gasteiger partial charge in [0.15, 0.2) is 0 Å². The molecule has 1 aromatic heterocycles. The van der Waals surface area contributed by atoms with E-state index in [2.05, 4.69) is 4.98 Å². The molecule has 1 amide bonds. The van der Waals surface area contributed by atoms with E-state index in [1.54, 1.807) is 31.6 Å². The van der Waals surface area contributed by atoms with Crippen LogP contribution in [0.5, 0.6) is 0 Å². The lowest BCUT2D eigenvalue weighted by Crippen LogP contribution is -2.29. The molecule has 1 aromatic rings. The second-order valence-electron chi connectivity index (χ2n) is 3.63. The molecule has 0 bridgehead atoms. The first kappa shape index (κ1) is 10.1. The highest BCUT2D eigenvalue weighted by Gasteiger charge is 2.26. The summed E-state index contributed by atoms with van der Waals surface area (Å²) in [4.78, 5) is 17.7. The van der Waals surface area contributed by atoms with Crippen LogP contribution < -0.4 is 0 Å². The molecule has 4 nitrogen and oxygen atoms in total. The van der Waals surface area contributed by atoms with E-state index in [9.17, 15) is 4.79 Å². The van der Waals surface area contributed by atoms with E-state index in [0.717, 1.165) is 13.0 Å². The van der Waals surface area contributed by atoms with Gasteiger partial charge in [-0.15, -0.1) is 0 Å². The predicted molar refractivity (Wildman–Crippen MR) is 55.6 cm³/mol. The number of methoxy groups -OCH3 is 1. The van der Waals surface area contributed by atoms with Crippen molar-refractivity contribution in [1.29, 1.82) is 0 Å². The van der Waals surface area contributed by atoms with Gasteiger partial charge in [-0.2, -0.15) is 0 Å². The Hall–Kier alpha value is -1.42. The molecule has 1 aliphatic rings. The highest BCUT2D eigenvalue weighted by atomic mass is 16.5. The van der Waals surface area contributed by atoms with E-state index in [0.29, 0.717) is 12.1 Å². The number of carbonyl (C=O) groups is 1. The number of pyridine rings is 1. The van der Waals surface area contributed by atoms with Crippen LogP contribution in [0.3, 0.4) is 0 Å². The maximum Gasteiger partial charge on any atom is 0.254 e. The first-order valence-electron chi connectivity index (χ1n) is 5.03. The molecule has 2 rings (SSSR count). The van der Waals surface area contributed by atoms with Crippen molar-refractivity contribution in [3.63, 3.8) is 0 Å². The summed E-state index contributed by atoms with van der Waals surface area (Å²) < 4.78 is 5.22. The van der Waals surface area contributed by atoms with Crippen LogP contribution in [0.1, 0.15) is 16.8 Å². The Morgan fingerprint density at radius 1 is 1.53 bits per heavy atom. The van der Waals surface area contributed by atoms with Crippen LogP contribution in [0, 0.1) is 0 Å². The molecule has 1 aliphatic heterocycles. The Bertz CT molecular complexity index is 340. The number of likely N-dealkylation sites (tertiary alicyclic amines) is 1. The summed E-state index contributed by atoms with van der Waals surface area (Å²) in [6.45, 7) is 1.47. The van der Waals surface area contributed by atoms with E-state index in [1.165, 1.54) is 0 Å². The van der Waals surface area contributed by atoms with Gasteiger partial charge in [-0.25, -0.2) is 0 Å². The average Bonchev–Trinajstić information content (AvgIpc) is 2.78. The average molecular weight is 206 g/mol. The fraction of sp³-hybridized carbons (Fsp3) is 0.455. The number of amides is 1. The minimum atomic E-state index is 0.0666. The summed E-state index contributed by atoms with van der Waals surface area (Å²) in [5.74, 6) is 0.0666. The lowest BCUT2D eigenvalue weighted by molar-refractivity contribution is 0.0724. The van der Waals surface area contributed by atoms with Gasteiger partial charge >= 0.3 is 0 Å². The minimum Gasteiger partial charge on any atom is -0.380 e. The van der Waals surface area contributed by atoms with Gasteiger partial charge < -0.3 is 9.64 Å². The summed E-state index contributed by atoms with van der Waals surface area (Å²) in [7, 11) is 1.69. The standard InChI is InChI=1S/C11H14N2O2/c1-15-10-4-7-13(8-10)11(14)9-2-5-12-6-3-9/h2-3,5-6,10H,4,7-8H2,1H3. The predicted octanol–water partition coefficient (Wildman–Crippen LogP) is 0.943. The van der Waals surface area contributed by atoms with Crippen LogP contribution >= 0.6 is 0 Å². The summed E-state index contributed by atoms with van der Waals surface area (Å²) in [6.07, 6.45) is 4.39. The first-order valence-corrected chi connectivity index (χ1v) is 5.03. The van der Waals surface area contributed by atoms with Crippen LogP contribution in [0.2, 0.25) is 0 Å². The second kappa shape index (κ2) is 4.40. The van der Waals surface area contributed by atoms with Gasteiger partial charge in [-0.05, 0) is 18.6 Å². The fourth-order valence-corrected chi connectivity index (χ4v) is 1.78. The van der Waals surface area contributed by atoms with Crippen LogP contribution in [-0.2, 0) is 4.74 Å². The molecular weight excluding hydrogens is 192 g/mol. The van der Waals surface area contributed by atoms with E-state index in [4.69, 9.17) is 4.74 Å². The van der Waals surface area contributed by atoms with Gasteiger partial charge in [0, 0.05) is 38.2 Å². The third-order valence-electron chi connectivity index (χ3n) is 2.69. The molecule has 0 N–H and O–H groups in total. The third-order valence-corrected chi connectivity index (χ3v) is 2.69. The van der Waals surface area contributed by atoms with Crippen molar-refractivity contribution in [2.75, 3.05) is 20.2 Å². The van der Waals surface area contributed by atoms with Crippen LogP contribution in [0.4, 0.5) is 0 Å². The topological polar surface area (TPSA) is 42.4 Å². The molecule has 80 valence electrons. The van der Waals surface area contributed by atoms with Crippen molar-refractivity contribution in [2.45, 2.75) is 12.5 Å². The smallest absolute Gasteiger partial charge is 0.254 e. The minimum absolute atomic E-state index is 0.0666. The normalized spacial score (nSPS) is 20.6. The van der Waals surface area contributed by atoms with Crippen molar-refractivity contribution in [3.8, 4) is 0 Å². The van der Waals surface area contributed by atoms with E-state index >= 15 is 0 Å². The zero-order valence-electron chi connectivity index (χ0n) is 8.72. The summed E-state index contributed by atoms with van der Waals surface area (Å²) in [5.41, 5.74) is 0.696. The van der Waals surface area contributed by atoms with Gasteiger partial charge in [0.1, 0.15) is 0 Å². The third kappa shape index (κ3) is 2.15. The maximum atomic E-state index is 12.0. The molecule has 0 spiro atoms. The largest absolute Gasteiger partial charge is 0.380 e. The van der Waals surface area contributed by atoms with E-state index < -0.39 is 0 Å². The van der Waals surface area contributed by atoms with Crippen LogP contribution in [-0.4, -0.2) is 42.1 Å². The molecule has 0 aromatic carbocycles. The van der Waals surface area contributed by atoms with Gasteiger partial charge in [-0.3, -0.25) is 9.78 Å². The van der Waals surface area contributed by atoms with Gasteiger partial charge in [-0.1, -0.05) is 0 Å². The number of nitrogens with zero attached hydrogens (tertiary/aromatic N) is 2. The number of aromatic nitrogens is 1. The zero-order valence-corrected chi connectivity index (χ0v) is 8.72. The molecule has 4 heteroatoms. The van der Waals surface area contributed by atoms with E-state index in [-0.39, 0.29) is 12.0 Å². The quantitative estimate of drug-likeness (QED) is 0.723. The highest BCUT2D eigenvalue weighted by molar-refractivity contribution is 5.94. The first-order chi connectivity index (χ1) is 7.31. The molecule has 1 unspecified atom stereocenters. The Morgan fingerprint density at radius 3 is 2.87 bits per heavy atom. The Kier molecular flexibility index (Phi) is 2.97. The summed E-state index contributed by atoms with van der Waals surface area (Å²) in [6, 6.07) is 3.48. The Labute approximate surface area is 88.9 Å². The number of carbonyl (C=O) groups excluding carboxylic acids is 1. The van der Waals surface area contributed by atoms with Crippen LogP contribution in [0.25, 0.3) is 0 Å². The second-order valence-corrected chi connectivity index (χ2v) is 3.63. The van der Waals surface area contributed by atoms with Crippen LogP contribution in [0.15, 0.2) is 24.5 Å². The molecule has 0 saturated carbocycles. The van der Waals surface area contributed by atoms with Gasteiger partial charge in [0.2, 0.25) is 0 Å². The summed E-state index contributed by atoms with van der Waals surface area (Å²) >= 11 is 0. The summed E-state index contributed by atoms with van der Waals surface area (Å²) in [5, 5.41) is 0. The van der Waals surface area contributed by atoms with Crippen molar-refractivity contribution in [3.05, 3.63) is 30.1 Å². The number of rotatable bonds is 2. The van der Waals surface area contributed by atoms with E-state index in [1.807, 2.05) is 4.90 Å². The lowest BCUT2D eigenvalue weighted by Gasteiger charge is -2.15. The maximum absolute atomic E-state index is 12.0. The Morgan fingerprint density at radius 2 is 2.27 bits per heavy atom. The molecule has 0 radical (unpaired) electrons. The van der Waals surface area contributed by atoms with Crippen molar-refractivity contribution >= 4 is 5.91 Å². The molecule has 1 saturated heterocycles. The van der Waals surface area contributed by atoms with Gasteiger partial charge in [0.05, 0.1) is 6.10 Å². The fourth-order valence-electron chi connectivity index (χ4n) is 1.78. The van der Waals surface area contributed by atoms with Crippen molar-refractivity contribution in [2.24, 2.45) is 0 Å². The highest BCUT2D eigenvalue weighted by Crippen LogP contribution is 2.14. The molecule has 15 heavy (non-hydrogen) atoms. The molecular formula is C11H14N2O2. The molecule has 1 atom stereocenters. The van der Waals surface area contributed by atoms with Crippen molar-refractivity contribution in [1.82, 2.24) is 9.88 Å². The molecule has 0 aliphatic carbocycles. The lowest BCUT2D eigenvalue weighted by atomic mass is 10.2. The monoisotopic (exact) mass is 206 g/mol. The zero-order chi connectivity index (χ0) is 10.7. The number of ether oxygens (including phenoxy) is 1. The van der Waals surface area contributed by atoms with Crippen molar-refractivity contribution < 1.29 is 9.53 Å². The molecule has 2 heterocycles. The number of hydrogen-bond acceptors (Lipinski definition) is 3. The number of hydrogen-bond donors (Lipinski definition) is 0. The molecule has 1 fully saturated rings. The van der Waals surface area contributed by atoms with Gasteiger partial charge in [0.25, 0.3) is 5.91 Å². The Balaban J connectivity index is 2.04. The SMILES string of the molecule is COC1CCN(C(=O)c2ccncc2)C1.